The van der Waals surface area contributed by atoms with Crippen molar-refractivity contribution in [3.8, 4) is 11.5 Å². The van der Waals surface area contributed by atoms with Crippen LogP contribution in [0.3, 0.4) is 0 Å². The Hall–Kier alpha value is -1.59. The van der Waals surface area contributed by atoms with E-state index in [1.807, 2.05) is 6.07 Å². The van der Waals surface area contributed by atoms with Gasteiger partial charge in [0.2, 0.25) is 0 Å². The summed E-state index contributed by atoms with van der Waals surface area (Å²) < 4.78 is 0. The first-order valence-corrected chi connectivity index (χ1v) is 7.51. The van der Waals surface area contributed by atoms with Crippen molar-refractivity contribution in [1.82, 2.24) is 5.32 Å². The van der Waals surface area contributed by atoms with E-state index in [4.69, 9.17) is 0 Å². The van der Waals surface area contributed by atoms with Crippen molar-refractivity contribution >= 4 is 5.78 Å². The average molecular weight is 289 g/mol. The number of phenols is 2. The molecule has 1 aromatic rings. The summed E-state index contributed by atoms with van der Waals surface area (Å²) in [4.78, 5) is 12.1. The molecule has 1 saturated carbocycles. The van der Waals surface area contributed by atoms with Crippen molar-refractivity contribution in [3.05, 3.63) is 23.3 Å². The van der Waals surface area contributed by atoms with Crippen molar-refractivity contribution in [2.75, 3.05) is 6.54 Å². The Morgan fingerprint density at radius 2 is 2.10 bits per heavy atom. The number of carbonyl (C=O) groups is 1. The van der Waals surface area contributed by atoms with Crippen LogP contribution in [0, 0.1) is 5.92 Å². The number of piperidine rings is 1. The zero-order chi connectivity index (χ0) is 14.8. The highest BCUT2D eigenvalue weighted by atomic mass is 16.3. The molecule has 4 N–H and O–H groups in total. The van der Waals surface area contributed by atoms with Crippen molar-refractivity contribution in [2.24, 2.45) is 5.92 Å². The molecular weight excluding hydrogens is 270 g/mol. The van der Waals surface area contributed by atoms with E-state index < -0.39 is 11.5 Å². The maximum absolute atomic E-state index is 12.1. The van der Waals surface area contributed by atoms with Gasteiger partial charge >= 0.3 is 0 Å². The highest BCUT2D eigenvalue weighted by Gasteiger charge is 2.56. The number of rotatable bonds is 0. The molecule has 1 saturated heterocycles. The molecule has 2 bridgehead atoms. The van der Waals surface area contributed by atoms with E-state index in [1.165, 1.54) is 6.07 Å². The quantitative estimate of drug-likeness (QED) is 0.525. The normalized spacial score (nSPS) is 37.8. The molecule has 1 aliphatic heterocycles. The number of fused-ring (bicyclic) bond motifs is 1. The maximum Gasteiger partial charge on any atom is 0.162 e. The van der Waals surface area contributed by atoms with Crippen molar-refractivity contribution in [2.45, 2.75) is 43.2 Å². The second-order valence-electron chi connectivity index (χ2n) is 6.64. The number of benzene rings is 1. The predicted molar refractivity (Wildman–Crippen MR) is 75.3 cm³/mol. The number of nitrogens with one attached hydrogen (secondary N) is 1. The fourth-order valence-electron chi connectivity index (χ4n) is 4.80. The lowest BCUT2D eigenvalue weighted by Crippen LogP contribution is -2.62. The summed E-state index contributed by atoms with van der Waals surface area (Å²) in [6.45, 7) is 0.791. The van der Waals surface area contributed by atoms with Crippen LogP contribution in [0.1, 0.15) is 30.4 Å². The van der Waals surface area contributed by atoms with Crippen LogP contribution >= 0.6 is 0 Å². The summed E-state index contributed by atoms with van der Waals surface area (Å²) in [5, 5.41) is 33.7. The van der Waals surface area contributed by atoms with Crippen LogP contribution in [0.2, 0.25) is 0 Å². The van der Waals surface area contributed by atoms with E-state index in [0.29, 0.717) is 6.42 Å². The number of hydrogen-bond donors (Lipinski definition) is 4. The fraction of sp³-hybridized carbons (Fsp3) is 0.562. The molecule has 0 aromatic heterocycles. The number of hydrogen-bond acceptors (Lipinski definition) is 5. The first-order valence-electron chi connectivity index (χ1n) is 7.51. The van der Waals surface area contributed by atoms with Gasteiger partial charge in [-0.1, -0.05) is 6.07 Å². The highest BCUT2D eigenvalue weighted by Crippen LogP contribution is 2.56. The second-order valence-corrected chi connectivity index (χ2v) is 6.64. The Morgan fingerprint density at radius 1 is 1.29 bits per heavy atom. The zero-order valence-electron chi connectivity index (χ0n) is 11.7. The molecule has 1 aromatic carbocycles. The van der Waals surface area contributed by atoms with E-state index >= 15 is 0 Å². The Kier molecular flexibility index (Phi) is 2.63. The number of Topliss-reactive ketones (excluding diaryl/α,β-unsaturated/α-hetero) is 1. The van der Waals surface area contributed by atoms with Gasteiger partial charge < -0.3 is 20.6 Å². The molecular formula is C16H19NO4. The monoisotopic (exact) mass is 289 g/mol. The third-order valence-corrected chi connectivity index (χ3v) is 5.69. The number of phenolic OH excluding ortho intramolecular Hbond substituents is 2. The lowest BCUT2D eigenvalue weighted by molar-refractivity contribution is -0.136. The van der Waals surface area contributed by atoms with Crippen molar-refractivity contribution < 1.29 is 20.1 Å². The molecule has 5 nitrogen and oxygen atoms in total. The van der Waals surface area contributed by atoms with Gasteiger partial charge in [0.25, 0.3) is 0 Å². The summed E-state index contributed by atoms with van der Waals surface area (Å²) in [5.74, 6) is -0.235. The van der Waals surface area contributed by atoms with E-state index in [-0.39, 0.29) is 35.7 Å². The summed E-state index contributed by atoms with van der Waals surface area (Å²) in [6, 6.07) is 3.58. The zero-order valence-corrected chi connectivity index (χ0v) is 11.7. The number of aromatic hydroxyl groups is 2. The highest BCUT2D eigenvalue weighted by molar-refractivity contribution is 5.86. The van der Waals surface area contributed by atoms with Crippen LogP contribution in [0.25, 0.3) is 0 Å². The average Bonchev–Trinajstić information content (AvgIpc) is 2.43. The van der Waals surface area contributed by atoms with Gasteiger partial charge in [-0.05, 0) is 43.4 Å². The Bertz CT molecular complexity index is 629. The van der Waals surface area contributed by atoms with E-state index in [9.17, 15) is 20.1 Å². The maximum atomic E-state index is 12.1. The minimum absolute atomic E-state index is 0.0814. The molecule has 2 aliphatic carbocycles. The van der Waals surface area contributed by atoms with Crippen LogP contribution in [-0.2, 0) is 16.6 Å². The van der Waals surface area contributed by atoms with Crippen molar-refractivity contribution in [1.29, 1.82) is 0 Å². The van der Waals surface area contributed by atoms with E-state index in [0.717, 1.165) is 30.5 Å². The van der Waals surface area contributed by atoms with Gasteiger partial charge in [-0.3, -0.25) is 4.79 Å². The molecule has 112 valence electrons. The molecule has 4 unspecified atom stereocenters. The van der Waals surface area contributed by atoms with Crippen LogP contribution in [0.5, 0.6) is 11.5 Å². The summed E-state index contributed by atoms with van der Waals surface area (Å²) in [6.07, 6.45) is 1.30. The third kappa shape index (κ3) is 1.61. The molecule has 4 rings (SSSR count). The van der Waals surface area contributed by atoms with Gasteiger partial charge in [0.1, 0.15) is 6.10 Å². The Morgan fingerprint density at radius 3 is 2.90 bits per heavy atom. The van der Waals surface area contributed by atoms with Crippen LogP contribution in [-0.4, -0.2) is 39.8 Å². The molecule has 4 atom stereocenters. The van der Waals surface area contributed by atoms with Gasteiger partial charge in [-0.15, -0.1) is 0 Å². The van der Waals surface area contributed by atoms with Crippen LogP contribution in [0.4, 0.5) is 0 Å². The van der Waals surface area contributed by atoms with E-state index in [1.54, 1.807) is 0 Å². The summed E-state index contributed by atoms with van der Waals surface area (Å²) in [7, 11) is 0. The first-order chi connectivity index (χ1) is 10.0. The molecule has 21 heavy (non-hydrogen) atoms. The summed E-state index contributed by atoms with van der Waals surface area (Å²) in [5.41, 5.74) is 1.30. The molecule has 0 spiro atoms. The SMILES string of the molecule is O=C1CC23CCNC(Cc4ccc(O)c(O)c42)C3CC1O. The topological polar surface area (TPSA) is 89.8 Å². The predicted octanol–water partition coefficient (Wildman–Crippen LogP) is 0.594. The largest absolute Gasteiger partial charge is 0.504 e. The van der Waals surface area contributed by atoms with Gasteiger partial charge in [0.05, 0.1) is 0 Å². The number of carbonyl (C=O) groups excluding carboxylic acids is 1. The smallest absolute Gasteiger partial charge is 0.162 e. The standard InChI is InChI=1S/C16H19NO4/c18-11-2-1-8-5-10-9-6-12(19)13(20)7-16(9,3-4-17-10)14(8)15(11)21/h1-2,9-10,12,17-19,21H,3-7H2. The number of aliphatic hydroxyl groups is 1. The van der Waals surface area contributed by atoms with Crippen LogP contribution < -0.4 is 5.32 Å². The lowest BCUT2D eigenvalue weighted by Gasteiger charge is -2.56. The van der Waals surface area contributed by atoms with Gasteiger partial charge in [-0.2, -0.15) is 0 Å². The first kappa shape index (κ1) is 13.1. The number of ketones is 1. The minimum Gasteiger partial charge on any atom is -0.504 e. The Balaban J connectivity index is 1.95. The van der Waals surface area contributed by atoms with Gasteiger partial charge in [-0.25, -0.2) is 0 Å². The van der Waals surface area contributed by atoms with E-state index in [2.05, 4.69) is 5.32 Å². The molecule has 1 heterocycles. The molecule has 0 amide bonds. The summed E-state index contributed by atoms with van der Waals surface area (Å²) >= 11 is 0. The fourth-order valence-corrected chi connectivity index (χ4v) is 4.80. The molecule has 3 aliphatic rings. The second kappa shape index (κ2) is 4.21. The third-order valence-electron chi connectivity index (χ3n) is 5.69. The lowest BCUT2D eigenvalue weighted by atomic mass is 9.52. The van der Waals surface area contributed by atoms with Gasteiger partial charge in [0.15, 0.2) is 17.3 Å². The molecule has 5 heteroatoms. The van der Waals surface area contributed by atoms with Crippen molar-refractivity contribution in [3.63, 3.8) is 0 Å². The molecule has 0 radical (unpaired) electrons. The van der Waals surface area contributed by atoms with Gasteiger partial charge in [0, 0.05) is 23.4 Å². The van der Waals surface area contributed by atoms with Crippen LogP contribution in [0.15, 0.2) is 12.1 Å². The Labute approximate surface area is 122 Å². The minimum atomic E-state index is -0.897. The number of aliphatic hydroxyl groups excluding tert-OH is 1. The molecule has 2 fully saturated rings.